The van der Waals surface area contributed by atoms with Gasteiger partial charge in [-0.15, -0.1) is 11.3 Å². The fraction of sp³-hybridized carbons (Fsp3) is 0.692. The highest BCUT2D eigenvalue weighted by Crippen LogP contribution is 2.11. The van der Waals surface area contributed by atoms with Gasteiger partial charge in [-0.3, -0.25) is 0 Å². The summed E-state index contributed by atoms with van der Waals surface area (Å²) < 4.78 is 0. The van der Waals surface area contributed by atoms with Crippen molar-refractivity contribution in [1.29, 1.82) is 0 Å². The minimum absolute atomic E-state index is 0.607. The molecule has 0 saturated carbocycles. The summed E-state index contributed by atoms with van der Waals surface area (Å²) in [5.74, 6) is 0.833. The van der Waals surface area contributed by atoms with Crippen molar-refractivity contribution >= 4 is 11.3 Å². The maximum Gasteiger partial charge on any atom is 0.00870 e. The summed E-state index contributed by atoms with van der Waals surface area (Å²) in [6.07, 6.45) is 3.80. The smallest absolute Gasteiger partial charge is 0.00870 e. The van der Waals surface area contributed by atoms with Crippen LogP contribution >= 0.6 is 11.3 Å². The molecule has 0 aliphatic rings. The topological polar surface area (TPSA) is 12.0 Å². The van der Waals surface area contributed by atoms with E-state index >= 15 is 0 Å². The van der Waals surface area contributed by atoms with Crippen molar-refractivity contribution in [2.45, 2.75) is 46.1 Å². The Balaban J connectivity index is 2.06. The molecular formula is C13H23NS. The molecule has 0 spiro atoms. The third-order valence-corrected chi connectivity index (χ3v) is 3.44. The first-order valence-electron chi connectivity index (χ1n) is 5.94. The van der Waals surface area contributed by atoms with Crippen LogP contribution in [0.15, 0.2) is 17.5 Å². The van der Waals surface area contributed by atoms with Crippen LogP contribution in [0.25, 0.3) is 0 Å². The molecule has 0 aromatic carbocycles. The molecule has 0 radical (unpaired) electrons. The summed E-state index contributed by atoms with van der Waals surface area (Å²) in [6, 6.07) is 4.96. The molecule has 0 bridgehead atoms. The average Bonchev–Trinajstić information content (AvgIpc) is 2.64. The van der Waals surface area contributed by atoms with Crippen molar-refractivity contribution in [3.63, 3.8) is 0 Å². The Hall–Kier alpha value is -0.340. The van der Waals surface area contributed by atoms with Gasteiger partial charge < -0.3 is 5.32 Å². The highest BCUT2D eigenvalue weighted by atomic mass is 32.1. The Kier molecular flexibility index (Phi) is 5.96. The molecule has 86 valence electrons. The zero-order valence-electron chi connectivity index (χ0n) is 10.1. The fourth-order valence-corrected chi connectivity index (χ4v) is 2.50. The number of thiophene rings is 1. The van der Waals surface area contributed by atoms with Crippen molar-refractivity contribution in [2.75, 3.05) is 6.54 Å². The predicted octanol–water partition coefficient (Wildman–Crippen LogP) is 3.70. The zero-order chi connectivity index (χ0) is 11.1. The van der Waals surface area contributed by atoms with Crippen LogP contribution in [0.5, 0.6) is 0 Å². The minimum atomic E-state index is 0.607. The predicted molar refractivity (Wildman–Crippen MR) is 69.6 cm³/mol. The Morgan fingerprint density at radius 2 is 2.13 bits per heavy atom. The van der Waals surface area contributed by atoms with Crippen LogP contribution in [-0.4, -0.2) is 12.6 Å². The van der Waals surface area contributed by atoms with Crippen LogP contribution < -0.4 is 5.32 Å². The van der Waals surface area contributed by atoms with Gasteiger partial charge in [-0.2, -0.15) is 0 Å². The molecular weight excluding hydrogens is 202 g/mol. The summed E-state index contributed by atoms with van der Waals surface area (Å²) in [5.41, 5.74) is 0. The van der Waals surface area contributed by atoms with E-state index in [1.807, 2.05) is 11.3 Å². The van der Waals surface area contributed by atoms with Crippen molar-refractivity contribution in [2.24, 2.45) is 5.92 Å². The second-order valence-corrected chi connectivity index (χ2v) is 5.71. The lowest BCUT2D eigenvalue weighted by atomic mass is 10.1. The molecule has 1 rings (SSSR count). The number of hydrogen-bond acceptors (Lipinski definition) is 2. The van der Waals surface area contributed by atoms with Crippen LogP contribution in [0, 0.1) is 5.92 Å². The Morgan fingerprint density at radius 3 is 2.73 bits per heavy atom. The first kappa shape index (κ1) is 12.7. The van der Waals surface area contributed by atoms with Crippen molar-refractivity contribution < 1.29 is 0 Å². The van der Waals surface area contributed by atoms with Gasteiger partial charge in [-0.05, 0) is 50.1 Å². The highest BCUT2D eigenvalue weighted by molar-refractivity contribution is 7.09. The number of rotatable bonds is 7. The van der Waals surface area contributed by atoms with Crippen LogP contribution in [0.4, 0.5) is 0 Å². The lowest BCUT2D eigenvalue weighted by molar-refractivity contribution is 0.488. The average molecular weight is 225 g/mol. The van der Waals surface area contributed by atoms with E-state index in [1.54, 1.807) is 0 Å². The lowest BCUT2D eigenvalue weighted by Gasteiger charge is -2.13. The normalized spacial score (nSPS) is 13.3. The van der Waals surface area contributed by atoms with Crippen molar-refractivity contribution in [1.82, 2.24) is 5.32 Å². The van der Waals surface area contributed by atoms with E-state index in [2.05, 4.69) is 43.6 Å². The molecule has 1 atom stereocenters. The van der Waals surface area contributed by atoms with E-state index in [0.29, 0.717) is 6.04 Å². The molecule has 0 amide bonds. The third kappa shape index (κ3) is 5.95. The minimum Gasteiger partial charge on any atom is -0.314 e. The molecule has 0 fully saturated rings. The van der Waals surface area contributed by atoms with E-state index < -0.39 is 0 Å². The van der Waals surface area contributed by atoms with E-state index in [-0.39, 0.29) is 0 Å². The molecule has 1 N–H and O–H groups in total. The van der Waals surface area contributed by atoms with Crippen LogP contribution in [0.1, 0.15) is 38.5 Å². The van der Waals surface area contributed by atoms with E-state index in [9.17, 15) is 0 Å². The maximum atomic E-state index is 3.58. The number of hydrogen-bond donors (Lipinski definition) is 1. The second-order valence-electron chi connectivity index (χ2n) is 4.67. The van der Waals surface area contributed by atoms with Gasteiger partial charge in [0.05, 0.1) is 0 Å². The first-order valence-corrected chi connectivity index (χ1v) is 6.82. The Morgan fingerprint density at radius 1 is 1.33 bits per heavy atom. The largest absolute Gasteiger partial charge is 0.314 e. The molecule has 0 aliphatic carbocycles. The molecule has 1 unspecified atom stereocenters. The monoisotopic (exact) mass is 225 g/mol. The van der Waals surface area contributed by atoms with E-state index in [0.717, 1.165) is 12.5 Å². The van der Waals surface area contributed by atoms with Crippen molar-refractivity contribution in [3.05, 3.63) is 22.4 Å². The molecule has 1 aromatic heterocycles. The van der Waals surface area contributed by atoms with Gasteiger partial charge in [0.25, 0.3) is 0 Å². The Bertz CT molecular complexity index is 241. The Labute approximate surface area is 97.9 Å². The summed E-state index contributed by atoms with van der Waals surface area (Å²) in [6.45, 7) is 8.00. The van der Waals surface area contributed by atoms with Crippen molar-refractivity contribution in [3.8, 4) is 0 Å². The summed E-state index contributed by atoms with van der Waals surface area (Å²) in [7, 11) is 0. The van der Waals surface area contributed by atoms with Gasteiger partial charge in [0, 0.05) is 10.9 Å². The molecule has 0 aliphatic heterocycles. The molecule has 15 heavy (non-hydrogen) atoms. The third-order valence-electron chi connectivity index (χ3n) is 2.54. The molecule has 1 aromatic rings. The summed E-state index contributed by atoms with van der Waals surface area (Å²) in [4.78, 5) is 1.49. The van der Waals surface area contributed by atoms with E-state index in [1.165, 1.54) is 24.1 Å². The van der Waals surface area contributed by atoms with Crippen LogP contribution in [0.2, 0.25) is 0 Å². The standard InChI is InChI=1S/C13H23NS/c1-11(2)6-4-8-14-12(3)10-13-7-5-9-15-13/h5,7,9,11-12,14H,4,6,8,10H2,1-3H3. The van der Waals surface area contributed by atoms with Gasteiger partial charge >= 0.3 is 0 Å². The zero-order valence-corrected chi connectivity index (χ0v) is 10.9. The highest BCUT2D eigenvalue weighted by Gasteiger charge is 2.03. The van der Waals surface area contributed by atoms with Gasteiger partial charge in [-0.25, -0.2) is 0 Å². The van der Waals surface area contributed by atoms with Crippen LogP contribution in [-0.2, 0) is 6.42 Å². The summed E-state index contributed by atoms with van der Waals surface area (Å²) >= 11 is 1.86. The lowest BCUT2D eigenvalue weighted by Crippen LogP contribution is -2.28. The SMILES string of the molecule is CC(C)CCCNC(C)Cc1cccs1. The molecule has 1 heterocycles. The molecule has 0 saturated heterocycles. The molecule has 1 nitrogen and oxygen atoms in total. The second kappa shape index (κ2) is 7.02. The first-order chi connectivity index (χ1) is 7.18. The van der Waals surface area contributed by atoms with Gasteiger partial charge in [0.2, 0.25) is 0 Å². The van der Waals surface area contributed by atoms with Gasteiger partial charge in [0.15, 0.2) is 0 Å². The van der Waals surface area contributed by atoms with E-state index in [4.69, 9.17) is 0 Å². The van der Waals surface area contributed by atoms with Gasteiger partial charge in [0.1, 0.15) is 0 Å². The van der Waals surface area contributed by atoms with Crippen LogP contribution in [0.3, 0.4) is 0 Å². The number of nitrogens with one attached hydrogen (secondary N) is 1. The summed E-state index contributed by atoms with van der Waals surface area (Å²) in [5, 5.41) is 5.74. The fourth-order valence-electron chi connectivity index (χ4n) is 1.66. The molecule has 2 heteroatoms. The quantitative estimate of drug-likeness (QED) is 0.698. The maximum absolute atomic E-state index is 3.58. The van der Waals surface area contributed by atoms with Gasteiger partial charge in [-0.1, -0.05) is 19.9 Å².